The molecule has 126 valence electrons. The molecule has 0 spiro atoms. The lowest BCUT2D eigenvalue weighted by atomic mass is 9.48. The Labute approximate surface area is 156 Å². The van der Waals surface area contributed by atoms with Gasteiger partial charge in [-0.2, -0.15) is 0 Å². The van der Waals surface area contributed by atoms with Crippen LogP contribution in [-0.2, 0) is 0 Å². The molecular formula is C19H21ClN2S2. The van der Waals surface area contributed by atoms with Crippen molar-refractivity contribution in [3.63, 3.8) is 0 Å². The predicted molar refractivity (Wildman–Crippen MR) is 104 cm³/mol. The smallest absolute Gasteiger partial charge is 0.137 e. The molecule has 1 aromatic carbocycles. The van der Waals surface area contributed by atoms with Gasteiger partial charge in [-0.15, -0.1) is 10.2 Å². The van der Waals surface area contributed by atoms with Crippen molar-refractivity contribution in [1.82, 2.24) is 10.2 Å². The molecule has 0 aliphatic heterocycles. The van der Waals surface area contributed by atoms with Crippen molar-refractivity contribution in [1.29, 1.82) is 0 Å². The van der Waals surface area contributed by atoms with Crippen LogP contribution in [0.2, 0.25) is 5.02 Å². The van der Waals surface area contributed by atoms with Crippen LogP contribution in [0.3, 0.4) is 0 Å². The Kier molecular flexibility index (Phi) is 4.48. The lowest BCUT2D eigenvalue weighted by molar-refractivity contribution is -0.00767. The van der Waals surface area contributed by atoms with Crippen LogP contribution in [-0.4, -0.2) is 16.0 Å². The van der Waals surface area contributed by atoms with E-state index in [2.05, 4.69) is 30.1 Å². The fourth-order valence-electron chi connectivity index (χ4n) is 4.03. The Morgan fingerprint density at radius 1 is 1.29 bits per heavy atom. The molecular weight excluding hydrogens is 356 g/mol. The number of allylic oxidation sites excluding steroid dienone is 2. The molecule has 0 radical (unpaired) electrons. The monoisotopic (exact) mass is 376 g/mol. The number of fused-ring (bicyclic) bond motifs is 1. The third-order valence-corrected chi connectivity index (χ3v) is 8.13. The third-order valence-electron chi connectivity index (χ3n) is 5.71. The minimum Gasteiger partial charge on any atom is -0.137 e. The van der Waals surface area contributed by atoms with Crippen LogP contribution < -0.4 is 0 Å². The maximum Gasteiger partial charge on any atom is 0.174 e. The standard InChI is InChI=1S/C19H21ClN2S2/c1-19(2)13-8-7-12(15(19)11-13)9-10-23-18-22-21-17(24-18)14-5-3-4-6-16(14)20/h3-7,13,15H,8-11H2,1-2H3. The average molecular weight is 377 g/mol. The second-order valence-corrected chi connectivity index (χ2v) is 10.00. The summed E-state index contributed by atoms with van der Waals surface area (Å²) in [6.45, 7) is 4.87. The van der Waals surface area contributed by atoms with E-state index in [0.29, 0.717) is 5.41 Å². The van der Waals surface area contributed by atoms with Crippen LogP contribution in [0.5, 0.6) is 0 Å². The summed E-state index contributed by atoms with van der Waals surface area (Å²) in [5.74, 6) is 2.81. The summed E-state index contributed by atoms with van der Waals surface area (Å²) >= 11 is 9.70. The van der Waals surface area contributed by atoms with E-state index < -0.39 is 0 Å². The van der Waals surface area contributed by atoms with E-state index in [1.807, 2.05) is 36.0 Å². The van der Waals surface area contributed by atoms with Gasteiger partial charge in [0, 0.05) is 11.3 Å². The first-order chi connectivity index (χ1) is 11.6. The largest absolute Gasteiger partial charge is 0.174 e. The zero-order valence-corrected chi connectivity index (χ0v) is 16.3. The summed E-state index contributed by atoms with van der Waals surface area (Å²) in [5, 5.41) is 10.3. The number of hydrogen-bond donors (Lipinski definition) is 0. The molecule has 1 aromatic heterocycles. The van der Waals surface area contributed by atoms with Crippen molar-refractivity contribution in [3.8, 4) is 10.6 Å². The van der Waals surface area contributed by atoms with Gasteiger partial charge in [-0.25, -0.2) is 0 Å². The Hall–Kier alpha value is -0.840. The number of benzene rings is 1. The second kappa shape index (κ2) is 6.47. The van der Waals surface area contributed by atoms with Gasteiger partial charge in [-0.1, -0.05) is 78.4 Å². The quantitative estimate of drug-likeness (QED) is 0.450. The Morgan fingerprint density at radius 2 is 2.12 bits per heavy atom. The fraction of sp³-hybridized carbons (Fsp3) is 0.474. The Balaban J connectivity index is 1.36. The van der Waals surface area contributed by atoms with Gasteiger partial charge in [0.1, 0.15) is 5.01 Å². The molecule has 1 saturated carbocycles. The van der Waals surface area contributed by atoms with Crippen molar-refractivity contribution >= 4 is 34.7 Å². The van der Waals surface area contributed by atoms with E-state index >= 15 is 0 Å². The van der Waals surface area contributed by atoms with Crippen LogP contribution in [0.1, 0.15) is 33.1 Å². The SMILES string of the molecule is CC1(C)C2CC=C(CCSc3nnc(-c4ccccc4Cl)s3)C1C2. The molecule has 2 nitrogen and oxygen atoms in total. The lowest BCUT2D eigenvalue weighted by Crippen LogP contribution is -2.48. The third kappa shape index (κ3) is 2.93. The molecule has 2 atom stereocenters. The number of aromatic nitrogens is 2. The van der Waals surface area contributed by atoms with Crippen molar-refractivity contribution in [2.45, 2.75) is 37.4 Å². The summed E-state index contributed by atoms with van der Waals surface area (Å²) in [5.41, 5.74) is 3.17. The van der Waals surface area contributed by atoms with E-state index in [1.165, 1.54) is 19.3 Å². The summed E-state index contributed by atoms with van der Waals surface area (Å²) in [6.07, 6.45) is 6.35. The van der Waals surface area contributed by atoms with Crippen LogP contribution in [0.15, 0.2) is 40.3 Å². The molecule has 1 fully saturated rings. The van der Waals surface area contributed by atoms with Gasteiger partial charge in [0.25, 0.3) is 0 Å². The van der Waals surface area contributed by atoms with Gasteiger partial charge in [0.2, 0.25) is 0 Å². The predicted octanol–water partition coefficient (Wildman–Crippen LogP) is 6.33. The molecule has 24 heavy (non-hydrogen) atoms. The molecule has 0 amide bonds. The van der Waals surface area contributed by atoms with Gasteiger partial charge in [0.05, 0.1) is 5.02 Å². The van der Waals surface area contributed by atoms with E-state index in [9.17, 15) is 0 Å². The first-order valence-corrected chi connectivity index (χ1v) is 10.6. The molecule has 3 aliphatic rings. The van der Waals surface area contributed by atoms with E-state index in [4.69, 9.17) is 11.6 Å². The van der Waals surface area contributed by atoms with Crippen LogP contribution in [0, 0.1) is 17.3 Å². The summed E-state index contributed by atoms with van der Waals surface area (Å²) in [6, 6.07) is 7.82. The lowest BCUT2D eigenvalue weighted by Gasteiger charge is -2.56. The first kappa shape index (κ1) is 16.6. The zero-order valence-electron chi connectivity index (χ0n) is 14.0. The van der Waals surface area contributed by atoms with Gasteiger partial charge in [-0.05, 0) is 42.6 Å². The average Bonchev–Trinajstić information content (AvgIpc) is 3.04. The Morgan fingerprint density at radius 3 is 2.88 bits per heavy atom. The first-order valence-electron chi connectivity index (χ1n) is 8.46. The number of halogens is 1. The van der Waals surface area contributed by atoms with Crippen molar-refractivity contribution in [2.75, 3.05) is 5.75 Å². The van der Waals surface area contributed by atoms with Crippen molar-refractivity contribution in [2.24, 2.45) is 17.3 Å². The second-order valence-electron chi connectivity index (χ2n) is 7.27. The zero-order chi connectivity index (χ0) is 16.7. The highest BCUT2D eigenvalue weighted by Gasteiger charge is 2.50. The van der Waals surface area contributed by atoms with Crippen molar-refractivity contribution in [3.05, 3.63) is 40.9 Å². The molecule has 0 saturated heterocycles. The van der Waals surface area contributed by atoms with Gasteiger partial charge >= 0.3 is 0 Å². The molecule has 2 aromatic rings. The molecule has 1 heterocycles. The highest BCUT2D eigenvalue weighted by atomic mass is 35.5. The van der Waals surface area contributed by atoms with Gasteiger partial charge in [-0.3, -0.25) is 0 Å². The summed E-state index contributed by atoms with van der Waals surface area (Å²) in [7, 11) is 0. The maximum absolute atomic E-state index is 6.25. The van der Waals surface area contributed by atoms with Crippen molar-refractivity contribution < 1.29 is 0 Å². The topological polar surface area (TPSA) is 25.8 Å². The van der Waals surface area contributed by atoms with Crippen LogP contribution >= 0.6 is 34.7 Å². The molecule has 5 heteroatoms. The minimum atomic E-state index is 0.523. The maximum atomic E-state index is 6.25. The molecule has 0 N–H and O–H groups in total. The summed E-state index contributed by atoms with van der Waals surface area (Å²) in [4.78, 5) is 0. The molecule has 2 bridgehead atoms. The number of rotatable bonds is 5. The van der Waals surface area contributed by atoms with Gasteiger partial charge in [0.15, 0.2) is 4.34 Å². The number of hydrogen-bond acceptors (Lipinski definition) is 4. The van der Waals surface area contributed by atoms with Crippen LogP contribution in [0.4, 0.5) is 0 Å². The minimum absolute atomic E-state index is 0.523. The Bertz CT molecular complexity index is 781. The molecule has 2 unspecified atom stereocenters. The van der Waals surface area contributed by atoms with E-state index in [-0.39, 0.29) is 0 Å². The fourth-order valence-corrected chi connectivity index (χ4v) is 6.26. The van der Waals surface area contributed by atoms with Gasteiger partial charge < -0.3 is 0 Å². The van der Waals surface area contributed by atoms with Crippen LogP contribution in [0.25, 0.3) is 10.6 Å². The number of thioether (sulfide) groups is 1. The highest BCUT2D eigenvalue weighted by Crippen LogP contribution is 2.59. The highest BCUT2D eigenvalue weighted by molar-refractivity contribution is 8.01. The summed E-state index contributed by atoms with van der Waals surface area (Å²) < 4.78 is 1.03. The molecule has 3 aliphatic carbocycles. The van der Waals surface area contributed by atoms with E-state index in [0.717, 1.165) is 37.5 Å². The van der Waals surface area contributed by atoms with E-state index in [1.54, 1.807) is 16.9 Å². The normalized spacial score (nSPS) is 24.4. The molecule has 5 rings (SSSR count). The number of nitrogens with zero attached hydrogens (tertiary/aromatic N) is 2.